The summed E-state index contributed by atoms with van der Waals surface area (Å²) in [6.07, 6.45) is 0. The fourth-order valence-electron chi connectivity index (χ4n) is 3.57. The van der Waals surface area contributed by atoms with Crippen molar-refractivity contribution in [2.75, 3.05) is 6.54 Å². The van der Waals surface area contributed by atoms with Gasteiger partial charge in [-0.05, 0) is 28.8 Å². The van der Waals surface area contributed by atoms with E-state index >= 15 is 0 Å². The molecule has 4 N–H and O–H groups in total. The number of benzene rings is 4. The molecule has 34 heavy (non-hydrogen) atoms. The van der Waals surface area contributed by atoms with Crippen LogP contribution in [0.3, 0.4) is 0 Å². The quantitative estimate of drug-likeness (QED) is 0.318. The monoisotopic (exact) mass is 454 g/mol. The van der Waals surface area contributed by atoms with Crippen molar-refractivity contribution in [3.63, 3.8) is 0 Å². The highest BCUT2D eigenvalue weighted by Crippen LogP contribution is 2.43. The van der Waals surface area contributed by atoms with Crippen LogP contribution in [0.4, 0.5) is 0 Å². The molecule has 5 nitrogen and oxygen atoms in total. The molecule has 0 heterocycles. The Bertz CT molecular complexity index is 1150. The van der Waals surface area contributed by atoms with Crippen LogP contribution in [0, 0.1) is 0 Å². The van der Waals surface area contributed by atoms with E-state index in [-0.39, 0.29) is 6.54 Å². The Hall–Kier alpha value is -3.80. The molecule has 0 saturated carbocycles. The van der Waals surface area contributed by atoms with E-state index in [0.717, 1.165) is 22.3 Å². The molecule has 1 unspecified atom stereocenters. The molecular formula is C29H30N2O3. The zero-order valence-electron chi connectivity index (χ0n) is 19.1. The molecule has 0 aliphatic rings. The summed E-state index contributed by atoms with van der Waals surface area (Å²) in [7, 11) is 0. The minimum absolute atomic E-state index is 0.282. The van der Waals surface area contributed by atoms with Gasteiger partial charge in [0.15, 0.2) is 11.5 Å². The molecule has 174 valence electrons. The summed E-state index contributed by atoms with van der Waals surface area (Å²) in [5, 5.41) is 0. The highest BCUT2D eigenvalue weighted by Gasteiger charge is 2.22. The SMILES string of the molecule is NCC(N)c1ccc(OCc2ccccc2)c(OCc2ccccc2)c1OCc1ccccc1. The molecule has 0 amide bonds. The highest BCUT2D eigenvalue weighted by molar-refractivity contribution is 5.57. The molecule has 0 bridgehead atoms. The first kappa shape index (κ1) is 23.4. The molecule has 0 aromatic heterocycles. The molecule has 1 atom stereocenters. The number of rotatable bonds is 11. The Morgan fingerprint density at radius 1 is 0.529 bits per heavy atom. The lowest BCUT2D eigenvalue weighted by Crippen LogP contribution is -2.22. The smallest absolute Gasteiger partial charge is 0.204 e. The van der Waals surface area contributed by atoms with Crippen molar-refractivity contribution in [3.05, 3.63) is 125 Å². The second-order valence-electron chi connectivity index (χ2n) is 7.98. The molecule has 4 rings (SSSR count). The van der Waals surface area contributed by atoms with Crippen LogP contribution in [-0.2, 0) is 19.8 Å². The highest BCUT2D eigenvalue weighted by atomic mass is 16.5. The first-order valence-corrected chi connectivity index (χ1v) is 11.4. The van der Waals surface area contributed by atoms with Crippen LogP contribution in [0.5, 0.6) is 17.2 Å². The van der Waals surface area contributed by atoms with Crippen LogP contribution >= 0.6 is 0 Å². The van der Waals surface area contributed by atoms with Gasteiger partial charge in [-0.3, -0.25) is 0 Å². The molecule has 0 aliphatic carbocycles. The second kappa shape index (κ2) is 11.9. The van der Waals surface area contributed by atoms with E-state index < -0.39 is 6.04 Å². The summed E-state index contributed by atoms with van der Waals surface area (Å²) < 4.78 is 18.8. The summed E-state index contributed by atoms with van der Waals surface area (Å²) in [5.74, 6) is 1.68. The summed E-state index contributed by atoms with van der Waals surface area (Å²) in [5.41, 5.74) is 16.2. The number of hydrogen-bond acceptors (Lipinski definition) is 5. The van der Waals surface area contributed by atoms with E-state index in [9.17, 15) is 0 Å². The lowest BCUT2D eigenvalue weighted by Gasteiger charge is -2.22. The van der Waals surface area contributed by atoms with Crippen LogP contribution in [0.2, 0.25) is 0 Å². The van der Waals surface area contributed by atoms with Gasteiger partial charge in [0.1, 0.15) is 19.8 Å². The molecular weight excluding hydrogens is 424 g/mol. The van der Waals surface area contributed by atoms with Gasteiger partial charge in [0, 0.05) is 18.2 Å². The average molecular weight is 455 g/mol. The predicted octanol–water partition coefficient (Wildman–Crippen LogP) is 5.38. The van der Waals surface area contributed by atoms with E-state index in [1.165, 1.54) is 0 Å². The molecule has 0 saturated heterocycles. The molecule has 0 spiro atoms. The minimum atomic E-state index is -0.395. The third-order valence-corrected chi connectivity index (χ3v) is 5.45. The Balaban J connectivity index is 1.68. The summed E-state index contributed by atoms with van der Waals surface area (Å²) in [6, 6.07) is 33.4. The predicted molar refractivity (Wildman–Crippen MR) is 135 cm³/mol. The van der Waals surface area contributed by atoms with Crippen molar-refractivity contribution in [1.82, 2.24) is 0 Å². The van der Waals surface area contributed by atoms with E-state index in [2.05, 4.69) is 0 Å². The first-order valence-electron chi connectivity index (χ1n) is 11.4. The van der Waals surface area contributed by atoms with E-state index in [4.69, 9.17) is 25.7 Å². The van der Waals surface area contributed by atoms with Crippen LogP contribution in [0.25, 0.3) is 0 Å². The van der Waals surface area contributed by atoms with Crippen molar-refractivity contribution in [1.29, 1.82) is 0 Å². The van der Waals surface area contributed by atoms with Gasteiger partial charge in [-0.2, -0.15) is 0 Å². The number of nitrogens with two attached hydrogens (primary N) is 2. The van der Waals surface area contributed by atoms with Crippen molar-refractivity contribution in [3.8, 4) is 17.2 Å². The van der Waals surface area contributed by atoms with Crippen molar-refractivity contribution < 1.29 is 14.2 Å². The minimum Gasteiger partial charge on any atom is -0.485 e. The van der Waals surface area contributed by atoms with Gasteiger partial charge in [0.05, 0.1) is 0 Å². The zero-order valence-corrected chi connectivity index (χ0v) is 19.1. The van der Waals surface area contributed by atoms with E-state index in [1.807, 2.05) is 103 Å². The third-order valence-electron chi connectivity index (χ3n) is 5.45. The second-order valence-corrected chi connectivity index (χ2v) is 7.98. The van der Waals surface area contributed by atoms with Crippen molar-refractivity contribution >= 4 is 0 Å². The fraction of sp³-hybridized carbons (Fsp3) is 0.172. The molecule has 5 heteroatoms. The van der Waals surface area contributed by atoms with Crippen LogP contribution in [-0.4, -0.2) is 6.54 Å². The lowest BCUT2D eigenvalue weighted by atomic mass is 10.0. The summed E-state index contributed by atoms with van der Waals surface area (Å²) in [6.45, 7) is 1.42. The largest absolute Gasteiger partial charge is 0.485 e. The maximum absolute atomic E-state index is 6.35. The number of hydrogen-bond donors (Lipinski definition) is 2. The van der Waals surface area contributed by atoms with Gasteiger partial charge < -0.3 is 25.7 Å². The van der Waals surface area contributed by atoms with Crippen LogP contribution in [0.1, 0.15) is 28.3 Å². The van der Waals surface area contributed by atoms with Crippen LogP contribution in [0.15, 0.2) is 103 Å². The zero-order chi connectivity index (χ0) is 23.6. The Morgan fingerprint density at radius 2 is 0.971 bits per heavy atom. The average Bonchev–Trinajstić information content (AvgIpc) is 2.91. The summed E-state index contributed by atoms with van der Waals surface area (Å²) in [4.78, 5) is 0. The van der Waals surface area contributed by atoms with Crippen molar-refractivity contribution in [2.45, 2.75) is 25.9 Å². The molecule has 4 aromatic rings. The fourth-order valence-corrected chi connectivity index (χ4v) is 3.57. The van der Waals surface area contributed by atoms with Crippen LogP contribution < -0.4 is 25.7 Å². The topological polar surface area (TPSA) is 79.7 Å². The molecule has 0 radical (unpaired) electrons. The molecule has 0 aliphatic heterocycles. The third kappa shape index (κ3) is 6.16. The maximum atomic E-state index is 6.35. The Morgan fingerprint density at radius 3 is 1.44 bits per heavy atom. The van der Waals surface area contributed by atoms with Gasteiger partial charge in [-0.15, -0.1) is 0 Å². The van der Waals surface area contributed by atoms with Crippen molar-refractivity contribution in [2.24, 2.45) is 11.5 Å². The van der Waals surface area contributed by atoms with E-state index in [1.54, 1.807) is 0 Å². The van der Waals surface area contributed by atoms with Gasteiger partial charge in [-0.25, -0.2) is 0 Å². The normalized spacial score (nSPS) is 11.6. The Labute approximate surface area is 200 Å². The number of ether oxygens (including phenoxy) is 3. The lowest BCUT2D eigenvalue weighted by molar-refractivity contribution is 0.228. The van der Waals surface area contributed by atoms with Gasteiger partial charge in [0.2, 0.25) is 5.75 Å². The Kier molecular flexibility index (Phi) is 8.17. The van der Waals surface area contributed by atoms with Gasteiger partial charge >= 0.3 is 0 Å². The van der Waals surface area contributed by atoms with E-state index in [0.29, 0.717) is 37.1 Å². The summed E-state index contributed by atoms with van der Waals surface area (Å²) >= 11 is 0. The molecule has 4 aromatic carbocycles. The molecule has 0 fully saturated rings. The standard InChI is InChI=1S/C29H30N2O3/c30-18-26(31)25-16-17-27(32-19-22-10-4-1-5-11-22)29(34-21-24-14-8-3-9-15-24)28(25)33-20-23-12-6-2-7-13-23/h1-17,26H,18-21,30-31H2. The van der Waals surface area contributed by atoms with Gasteiger partial charge in [0.25, 0.3) is 0 Å². The first-order chi connectivity index (χ1) is 16.7. The van der Waals surface area contributed by atoms with Gasteiger partial charge in [-0.1, -0.05) is 91.0 Å². The maximum Gasteiger partial charge on any atom is 0.204 e.